The van der Waals surface area contributed by atoms with Crippen LogP contribution in [0.4, 0.5) is 0 Å². The number of esters is 1. The maximum atomic E-state index is 11.6. The third-order valence-corrected chi connectivity index (χ3v) is 2.22. The highest BCUT2D eigenvalue weighted by Gasteiger charge is 2.13. The highest BCUT2D eigenvalue weighted by molar-refractivity contribution is 6.16. The molecule has 0 N–H and O–H groups in total. The van der Waals surface area contributed by atoms with Gasteiger partial charge in [-0.1, -0.05) is 30.3 Å². The van der Waals surface area contributed by atoms with Gasteiger partial charge < -0.3 is 4.74 Å². The molecule has 0 aromatic heterocycles. The first-order chi connectivity index (χ1) is 7.20. The average Bonchev–Trinajstić information content (AvgIpc) is 2.22. The Hall–Kier alpha value is -1.57. The van der Waals surface area contributed by atoms with Crippen molar-refractivity contribution in [2.24, 2.45) is 0 Å². The van der Waals surface area contributed by atoms with Gasteiger partial charge in [0.15, 0.2) is 0 Å². The van der Waals surface area contributed by atoms with Gasteiger partial charge in [0.25, 0.3) is 0 Å². The molecule has 0 fully saturated rings. The van der Waals surface area contributed by atoms with Crippen LogP contribution in [0, 0.1) is 6.92 Å². The number of hydrogen-bond donors (Lipinski definition) is 0. The predicted octanol–water partition coefficient (Wildman–Crippen LogP) is 2.96. The summed E-state index contributed by atoms with van der Waals surface area (Å²) in [5.41, 5.74) is 2.66. The van der Waals surface area contributed by atoms with Crippen LogP contribution in [0.2, 0.25) is 0 Å². The van der Waals surface area contributed by atoms with Crippen LogP contribution in [0.5, 0.6) is 0 Å². The molecule has 0 aliphatic rings. The Morgan fingerprint density at radius 2 is 2.07 bits per heavy atom. The second kappa shape index (κ2) is 5.35. The Balaban J connectivity index is 3.04. The van der Waals surface area contributed by atoms with Crippen molar-refractivity contribution in [2.45, 2.75) is 20.8 Å². The molecule has 1 aromatic rings. The first-order valence-electron chi connectivity index (χ1n) is 5.10. The van der Waals surface area contributed by atoms with E-state index in [0.717, 1.165) is 11.1 Å². The lowest BCUT2D eigenvalue weighted by Crippen LogP contribution is -2.07. The summed E-state index contributed by atoms with van der Waals surface area (Å²) in [4.78, 5) is 11.6. The first kappa shape index (κ1) is 11.5. The van der Waals surface area contributed by atoms with Gasteiger partial charge >= 0.3 is 5.97 Å². The molecule has 2 nitrogen and oxygen atoms in total. The van der Waals surface area contributed by atoms with Crippen LogP contribution in [0.25, 0.3) is 5.57 Å². The number of ether oxygens (including phenoxy) is 1. The van der Waals surface area contributed by atoms with Crippen LogP contribution < -0.4 is 0 Å². The van der Waals surface area contributed by atoms with Crippen molar-refractivity contribution in [3.05, 3.63) is 41.5 Å². The Morgan fingerprint density at radius 3 is 2.60 bits per heavy atom. The smallest absolute Gasteiger partial charge is 0.338 e. The lowest BCUT2D eigenvalue weighted by atomic mass is 10.0. The third-order valence-electron chi connectivity index (χ3n) is 2.22. The number of rotatable bonds is 3. The molecule has 0 unspecified atom stereocenters. The van der Waals surface area contributed by atoms with Gasteiger partial charge in [0, 0.05) is 0 Å². The number of carbonyl (C=O) groups excluding carboxylic acids is 1. The maximum absolute atomic E-state index is 11.6. The number of aryl methyl sites for hydroxylation is 1. The quantitative estimate of drug-likeness (QED) is 0.559. The summed E-state index contributed by atoms with van der Waals surface area (Å²) < 4.78 is 5.00. The summed E-state index contributed by atoms with van der Waals surface area (Å²) >= 11 is 0. The van der Waals surface area contributed by atoms with Crippen LogP contribution in [0.3, 0.4) is 0 Å². The van der Waals surface area contributed by atoms with E-state index in [1.54, 1.807) is 6.08 Å². The van der Waals surface area contributed by atoms with Crippen molar-refractivity contribution in [1.82, 2.24) is 0 Å². The molecule has 0 atom stereocenters. The molecule has 0 aliphatic heterocycles. The minimum absolute atomic E-state index is 0.255. The van der Waals surface area contributed by atoms with E-state index in [1.165, 1.54) is 0 Å². The Kier molecular flexibility index (Phi) is 4.10. The van der Waals surface area contributed by atoms with Crippen molar-refractivity contribution in [3.8, 4) is 0 Å². The molecular formula is C13H16O2. The summed E-state index contributed by atoms with van der Waals surface area (Å²) in [6.45, 7) is 6.04. The van der Waals surface area contributed by atoms with Crippen LogP contribution >= 0.6 is 0 Å². The molecule has 0 saturated carbocycles. The summed E-state index contributed by atoms with van der Waals surface area (Å²) in [7, 11) is 0. The van der Waals surface area contributed by atoms with Gasteiger partial charge in [0.05, 0.1) is 12.2 Å². The normalized spacial score (nSPS) is 11.3. The Labute approximate surface area is 90.6 Å². The highest BCUT2D eigenvalue weighted by Crippen LogP contribution is 2.19. The molecule has 0 spiro atoms. The minimum atomic E-state index is -0.255. The van der Waals surface area contributed by atoms with Crippen molar-refractivity contribution in [3.63, 3.8) is 0 Å². The average molecular weight is 204 g/mol. The maximum Gasteiger partial charge on any atom is 0.338 e. The standard InChI is InChI=1S/C13H16O2/c1-4-11(13(14)15-5-2)12-9-7-6-8-10(12)3/h4,6-9H,5H2,1-3H3. The van der Waals surface area contributed by atoms with Crippen molar-refractivity contribution in [1.29, 1.82) is 0 Å². The molecule has 0 radical (unpaired) electrons. The van der Waals surface area contributed by atoms with E-state index in [4.69, 9.17) is 4.74 Å². The zero-order chi connectivity index (χ0) is 11.3. The predicted molar refractivity (Wildman–Crippen MR) is 61.5 cm³/mol. The number of hydrogen-bond acceptors (Lipinski definition) is 2. The highest BCUT2D eigenvalue weighted by atomic mass is 16.5. The van der Waals surface area contributed by atoms with Gasteiger partial charge in [-0.15, -0.1) is 0 Å². The van der Waals surface area contributed by atoms with Crippen LogP contribution in [-0.2, 0) is 9.53 Å². The van der Waals surface area contributed by atoms with Crippen molar-refractivity contribution in [2.75, 3.05) is 6.61 Å². The second-order valence-electron chi connectivity index (χ2n) is 3.24. The molecule has 1 rings (SSSR count). The van der Waals surface area contributed by atoms with Gasteiger partial charge in [-0.3, -0.25) is 0 Å². The fraction of sp³-hybridized carbons (Fsp3) is 0.308. The van der Waals surface area contributed by atoms with Crippen molar-refractivity contribution >= 4 is 11.5 Å². The van der Waals surface area contributed by atoms with Crippen LogP contribution in [-0.4, -0.2) is 12.6 Å². The van der Waals surface area contributed by atoms with Crippen LogP contribution in [0.15, 0.2) is 30.3 Å². The largest absolute Gasteiger partial charge is 0.462 e. The first-order valence-corrected chi connectivity index (χ1v) is 5.10. The number of allylic oxidation sites excluding steroid dienone is 1. The van der Waals surface area contributed by atoms with E-state index in [1.807, 2.05) is 45.0 Å². The molecule has 0 heterocycles. The zero-order valence-electron chi connectivity index (χ0n) is 9.41. The topological polar surface area (TPSA) is 26.3 Å². The van der Waals surface area contributed by atoms with Crippen molar-refractivity contribution < 1.29 is 9.53 Å². The SMILES string of the molecule is CC=C(C(=O)OCC)c1ccccc1C. The summed E-state index contributed by atoms with van der Waals surface area (Å²) in [5.74, 6) is -0.255. The van der Waals surface area contributed by atoms with Crippen LogP contribution in [0.1, 0.15) is 25.0 Å². The number of carbonyl (C=O) groups is 1. The molecule has 0 aliphatic carbocycles. The fourth-order valence-electron chi connectivity index (χ4n) is 1.47. The Morgan fingerprint density at radius 1 is 1.40 bits per heavy atom. The van der Waals surface area contributed by atoms with Gasteiger partial charge in [0.2, 0.25) is 0 Å². The zero-order valence-corrected chi connectivity index (χ0v) is 9.41. The monoisotopic (exact) mass is 204 g/mol. The third kappa shape index (κ3) is 2.69. The Bertz CT molecular complexity index is 378. The summed E-state index contributed by atoms with van der Waals surface area (Å²) in [6.07, 6.45) is 1.79. The molecule has 1 aromatic carbocycles. The lowest BCUT2D eigenvalue weighted by molar-refractivity contribution is -0.136. The van der Waals surface area contributed by atoms with E-state index in [9.17, 15) is 4.79 Å². The fourth-order valence-corrected chi connectivity index (χ4v) is 1.47. The molecular weight excluding hydrogens is 188 g/mol. The van der Waals surface area contributed by atoms with Gasteiger partial charge in [-0.25, -0.2) is 4.79 Å². The minimum Gasteiger partial charge on any atom is -0.462 e. The summed E-state index contributed by atoms with van der Waals surface area (Å²) in [6, 6.07) is 7.79. The molecule has 15 heavy (non-hydrogen) atoms. The molecule has 0 amide bonds. The molecule has 0 saturated heterocycles. The summed E-state index contributed by atoms with van der Waals surface area (Å²) in [5, 5.41) is 0. The molecule has 0 bridgehead atoms. The van der Waals surface area contributed by atoms with Gasteiger partial charge in [-0.05, 0) is 31.9 Å². The van der Waals surface area contributed by atoms with E-state index in [2.05, 4.69) is 0 Å². The van der Waals surface area contributed by atoms with E-state index >= 15 is 0 Å². The van der Waals surface area contributed by atoms with E-state index in [0.29, 0.717) is 12.2 Å². The molecule has 2 heteroatoms. The number of benzene rings is 1. The van der Waals surface area contributed by atoms with Gasteiger partial charge in [-0.2, -0.15) is 0 Å². The van der Waals surface area contributed by atoms with Gasteiger partial charge in [0.1, 0.15) is 0 Å². The van der Waals surface area contributed by atoms with E-state index in [-0.39, 0.29) is 5.97 Å². The second-order valence-corrected chi connectivity index (χ2v) is 3.24. The van der Waals surface area contributed by atoms with E-state index < -0.39 is 0 Å². The lowest BCUT2D eigenvalue weighted by Gasteiger charge is -2.08. The molecule has 80 valence electrons.